The van der Waals surface area contributed by atoms with E-state index < -0.39 is 12.0 Å². The van der Waals surface area contributed by atoms with E-state index in [4.69, 9.17) is 16.6 Å². The molecular formula is C21H25N3O4. The molecule has 1 aliphatic heterocycles. The molecule has 1 saturated heterocycles. The number of hydrogen-bond acceptors (Lipinski definition) is 6. The third-order valence-corrected chi connectivity index (χ3v) is 4.42. The number of hydrogen-bond donors (Lipinski definition) is 4. The molecule has 28 heavy (non-hydrogen) atoms. The fourth-order valence-electron chi connectivity index (χ4n) is 2.82. The summed E-state index contributed by atoms with van der Waals surface area (Å²) in [4.78, 5) is 34.7. The van der Waals surface area contributed by atoms with Gasteiger partial charge in [0, 0.05) is 16.7 Å². The number of aliphatic carboxylic acids is 1. The van der Waals surface area contributed by atoms with Crippen molar-refractivity contribution in [3.63, 3.8) is 0 Å². The lowest BCUT2D eigenvalue weighted by Crippen LogP contribution is -2.31. The average Bonchev–Trinajstić information content (AvgIpc) is 3.23. The van der Waals surface area contributed by atoms with Gasteiger partial charge in [0.2, 0.25) is 0 Å². The first-order chi connectivity index (χ1) is 13.3. The van der Waals surface area contributed by atoms with Gasteiger partial charge in [-0.1, -0.05) is 36.4 Å². The Morgan fingerprint density at radius 1 is 1.07 bits per heavy atom. The standard InChI is InChI=1S/C18H18N2O2.C3H7NO2/c19-16-13(17(21)12-6-2-1-3-7-12)8-4-9-14(16)18(22)15-10-5-11-20-15;1-2(4)3(5)6/h1-4,6-9,15,20H,5,10-11,19H2;2H,4H2,1H3,(H,5,6)/t15-;/m0./s1. The molecule has 3 rings (SSSR count). The Morgan fingerprint density at radius 3 is 2.21 bits per heavy atom. The van der Waals surface area contributed by atoms with Crippen LogP contribution in [0.4, 0.5) is 5.69 Å². The van der Waals surface area contributed by atoms with E-state index in [0.29, 0.717) is 16.7 Å². The number of carbonyl (C=O) groups excluding carboxylic acids is 2. The van der Waals surface area contributed by atoms with E-state index in [9.17, 15) is 14.4 Å². The smallest absolute Gasteiger partial charge is 0.320 e. The Labute approximate surface area is 163 Å². The number of carboxylic acids is 1. The van der Waals surface area contributed by atoms with Crippen LogP contribution in [-0.4, -0.2) is 41.3 Å². The van der Waals surface area contributed by atoms with E-state index in [1.807, 2.05) is 6.07 Å². The highest BCUT2D eigenvalue weighted by molar-refractivity contribution is 6.15. The summed E-state index contributed by atoms with van der Waals surface area (Å²) in [5, 5.41) is 11.0. The molecule has 1 heterocycles. The Bertz CT molecular complexity index is 844. The Morgan fingerprint density at radius 2 is 1.68 bits per heavy atom. The summed E-state index contributed by atoms with van der Waals surface area (Å²) in [6.45, 7) is 2.27. The average molecular weight is 383 g/mol. The maximum absolute atomic E-state index is 12.6. The van der Waals surface area contributed by atoms with Gasteiger partial charge >= 0.3 is 5.97 Å². The van der Waals surface area contributed by atoms with Crippen LogP contribution in [0.5, 0.6) is 0 Å². The second-order valence-corrected chi connectivity index (χ2v) is 6.60. The normalized spacial score (nSPS) is 16.6. The third kappa shape index (κ3) is 5.25. The van der Waals surface area contributed by atoms with Crippen molar-refractivity contribution in [1.82, 2.24) is 5.32 Å². The number of benzene rings is 2. The largest absolute Gasteiger partial charge is 0.480 e. The van der Waals surface area contributed by atoms with Crippen LogP contribution in [0.15, 0.2) is 48.5 Å². The molecule has 1 aliphatic rings. The summed E-state index contributed by atoms with van der Waals surface area (Å²) in [6, 6.07) is 13.1. The van der Waals surface area contributed by atoms with Crippen molar-refractivity contribution in [2.75, 3.05) is 12.3 Å². The van der Waals surface area contributed by atoms with Gasteiger partial charge in [0.25, 0.3) is 0 Å². The summed E-state index contributed by atoms with van der Waals surface area (Å²) in [7, 11) is 0. The predicted molar refractivity (Wildman–Crippen MR) is 107 cm³/mol. The lowest BCUT2D eigenvalue weighted by atomic mass is 9.95. The van der Waals surface area contributed by atoms with E-state index in [1.165, 1.54) is 6.92 Å². The van der Waals surface area contributed by atoms with Crippen LogP contribution in [0.25, 0.3) is 0 Å². The lowest BCUT2D eigenvalue weighted by molar-refractivity contribution is -0.138. The van der Waals surface area contributed by atoms with Crippen LogP contribution < -0.4 is 16.8 Å². The summed E-state index contributed by atoms with van der Waals surface area (Å²) in [5.41, 5.74) is 12.6. The van der Waals surface area contributed by atoms with E-state index in [1.54, 1.807) is 42.5 Å². The SMILES string of the molecule is CC(N)C(=O)O.Nc1c(C(=O)c2ccccc2)cccc1C(=O)[C@@H]1CCCN1. The monoisotopic (exact) mass is 383 g/mol. The molecule has 7 heteroatoms. The van der Waals surface area contributed by atoms with Crippen molar-refractivity contribution in [3.8, 4) is 0 Å². The van der Waals surface area contributed by atoms with Gasteiger partial charge in [-0.3, -0.25) is 14.4 Å². The number of Topliss-reactive ketones (excluding diaryl/α,β-unsaturated/α-hetero) is 1. The van der Waals surface area contributed by atoms with Crippen molar-refractivity contribution in [3.05, 3.63) is 65.2 Å². The topological polar surface area (TPSA) is 136 Å². The van der Waals surface area contributed by atoms with E-state index >= 15 is 0 Å². The number of nitrogens with two attached hydrogens (primary N) is 2. The zero-order chi connectivity index (χ0) is 20.7. The summed E-state index contributed by atoms with van der Waals surface area (Å²) in [6.07, 6.45) is 1.80. The zero-order valence-electron chi connectivity index (χ0n) is 15.7. The molecule has 148 valence electrons. The number of nitrogen functional groups attached to an aromatic ring is 1. The Balaban J connectivity index is 0.000000409. The first-order valence-corrected chi connectivity index (χ1v) is 9.07. The van der Waals surface area contributed by atoms with Crippen molar-refractivity contribution in [2.24, 2.45) is 5.73 Å². The highest BCUT2D eigenvalue weighted by Crippen LogP contribution is 2.23. The second-order valence-electron chi connectivity index (χ2n) is 6.60. The maximum atomic E-state index is 12.6. The molecule has 0 aromatic heterocycles. The fourth-order valence-corrected chi connectivity index (χ4v) is 2.82. The number of carboxylic acid groups (broad SMARTS) is 1. The molecule has 2 aromatic carbocycles. The van der Waals surface area contributed by atoms with Crippen LogP contribution >= 0.6 is 0 Å². The zero-order valence-corrected chi connectivity index (χ0v) is 15.7. The van der Waals surface area contributed by atoms with Crippen LogP contribution in [0, 0.1) is 0 Å². The van der Waals surface area contributed by atoms with Crippen molar-refractivity contribution >= 4 is 23.2 Å². The highest BCUT2D eigenvalue weighted by atomic mass is 16.4. The van der Waals surface area contributed by atoms with E-state index in [0.717, 1.165) is 19.4 Å². The minimum atomic E-state index is -0.963. The number of anilines is 1. The minimum absolute atomic E-state index is 0.0299. The molecule has 0 amide bonds. The van der Waals surface area contributed by atoms with Gasteiger partial charge in [0.05, 0.1) is 11.7 Å². The summed E-state index contributed by atoms with van der Waals surface area (Å²) in [5.74, 6) is -1.15. The number of para-hydroxylation sites is 1. The minimum Gasteiger partial charge on any atom is -0.480 e. The Hall–Kier alpha value is -3.03. The van der Waals surface area contributed by atoms with Gasteiger partial charge in [-0.25, -0.2) is 0 Å². The molecular weight excluding hydrogens is 358 g/mol. The molecule has 1 fully saturated rings. The highest BCUT2D eigenvalue weighted by Gasteiger charge is 2.26. The number of nitrogens with one attached hydrogen (secondary N) is 1. The lowest BCUT2D eigenvalue weighted by Gasteiger charge is -2.13. The molecule has 0 spiro atoms. The molecule has 0 aliphatic carbocycles. The fraction of sp³-hybridized carbons (Fsp3) is 0.286. The summed E-state index contributed by atoms with van der Waals surface area (Å²) < 4.78 is 0. The number of ketones is 2. The Kier molecular flexibility index (Phi) is 7.43. The van der Waals surface area contributed by atoms with Crippen molar-refractivity contribution < 1.29 is 19.5 Å². The first-order valence-electron chi connectivity index (χ1n) is 9.07. The molecule has 2 aromatic rings. The summed E-state index contributed by atoms with van der Waals surface area (Å²) >= 11 is 0. The molecule has 0 radical (unpaired) electrons. The number of carbonyl (C=O) groups is 3. The quantitative estimate of drug-likeness (QED) is 0.457. The van der Waals surface area contributed by atoms with E-state index in [-0.39, 0.29) is 23.3 Å². The molecule has 6 N–H and O–H groups in total. The van der Waals surface area contributed by atoms with Gasteiger partial charge in [-0.2, -0.15) is 0 Å². The van der Waals surface area contributed by atoms with Gasteiger partial charge in [0.1, 0.15) is 6.04 Å². The van der Waals surface area contributed by atoms with Crippen molar-refractivity contribution in [1.29, 1.82) is 0 Å². The van der Waals surface area contributed by atoms with Gasteiger partial charge in [-0.15, -0.1) is 0 Å². The van der Waals surface area contributed by atoms with Crippen LogP contribution in [-0.2, 0) is 4.79 Å². The maximum Gasteiger partial charge on any atom is 0.320 e. The molecule has 1 unspecified atom stereocenters. The van der Waals surface area contributed by atoms with Crippen molar-refractivity contribution in [2.45, 2.75) is 31.8 Å². The molecule has 2 atom stereocenters. The second kappa shape index (κ2) is 9.77. The van der Waals surface area contributed by atoms with Gasteiger partial charge in [-0.05, 0) is 38.4 Å². The third-order valence-electron chi connectivity index (χ3n) is 4.42. The van der Waals surface area contributed by atoms with Crippen LogP contribution in [0.3, 0.4) is 0 Å². The van der Waals surface area contributed by atoms with Crippen LogP contribution in [0.1, 0.15) is 46.0 Å². The van der Waals surface area contributed by atoms with Crippen LogP contribution in [0.2, 0.25) is 0 Å². The molecule has 7 nitrogen and oxygen atoms in total. The predicted octanol–water partition coefficient (Wildman–Crippen LogP) is 1.85. The van der Waals surface area contributed by atoms with Gasteiger partial charge < -0.3 is 21.9 Å². The molecule has 0 bridgehead atoms. The number of rotatable bonds is 5. The van der Waals surface area contributed by atoms with Gasteiger partial charge in [0.15, 0.2) is 11.6 Å². The first kappa shape index (κ1) is 21.3. The molecule has 0 saturated carbocycles. The van der Waals surface area contributed by atoms with E-state index in [2.05, 4.69) is 5.32 Å².